The molecule has 31 heavy (non-hydrogen) atoms. The van der Waals surface area contributed by atoms with Crippen LogP contribution in [0.15, 0.2) is 48.7 Å². The summed E-state index contributed by atoms with van der Waals surface area (Å²) in [5, 5.41) is 0. The third kappa shape index (κ3) is 6.56. The van der Waals surface area contributed by atoms with E-state index in [0.717, 1.165) is 50.2 Å². The molecule has 1 fully saturated rings. The molecule has 1 aliphatic rings. The molecule has 6 heteroatoms. The fourth-order valence-corrected chi connectivity index (χ4v) is 3.89. The number of pyridine rings is 1. The molecule has 0 saturated carbocycles. The van der Waals surface area contributed by atoms with Crippen LogP contribution in [0.5, 0.6) is 11.5 Å². The summed E-state index contributed by atoms with van der Waals surface area (Å²) in [6.07, 6.45) is 8.72. The van der Waals surface area contributed by atoms with Crippen molar-refractivity contribution in [2.45, 2.75) is 32.2 Å². The minimum absolute atomic E-state index is 0.00785. The zero-order chi connectivity index (χ0) is 22.1. The van der Waals surface area contributed by atoms with Crippen LogP contribution < -0.4 is 9.47 Å². The summed E-state index contributed by atoms with van der Waals surface area (Å²) < 4.78 is 11.2. The second kappa shape index (κ2) is 11.5. The molecule has 166 valence electrons. The lowest BCUT2D eigenvalue weighted by atomic mass is 10.0. The van der Waals surface area contributed by atoms with Gasteiger partial charge in [0.05, 0.1) is 7.11 Å². The Hall–Kier alpha value is -2.86. The van der Waals surface area contributed by atoms with E-state index in [-0.39, 0.29) is 18.6 Å². The summed E-state index contributed by atoms with van der Waals surface area (Å²) in [5.74, 6) is 1.21. The molecule has 1 amide bonds. The fourth-order valence-electron chi connectivity index (χ4n) is 3.89. The van der Waals surface area contributed by atoms with Gasteiger partial charge in [-0.05, 0) is 49.6 Å². The molecule has 1 aliphatic heterocycles. The maximum absolute atomic E-state index is 12.7. The molecule has 2 aromatic rings. The lowest BCUT2D eigenvalue weighted by Crippen LogP contribution is -2.47. The topological polar surface area (TPSA) is 54.9 Å². The van der Waals surface area contributed by atoms with E-state index in [9.17, 15) is 4.79 Å². The quantitative estimate of drug-likeness (QED) is 0.616. The highest BCUT2D eigenvalue weighted by atomic mass is 16.5. The van der Waals surface area contributed by atoms with Crippen LogP contribution in [0.3, 0.4) is 0 Å². The molecule has 0 radical (unpaired) electrons. The predicted molar refractivity (Wildman–Crippen MR) is 123 cm³/mol. The first-order valence-electron chi connectivity index (χ1n) is 10.9. The number of carbonyl (C=O) groups excluding carboxylic acids is 1. The molecule has 0 bridgehead atoms. The highest BCUT2D eigenvalue weighted by molar-refractivity contribution is 5.78. The summed E-state index contributed by atoms with van der Waals surface area (Å²) in [7, 11) is 3.49. The van der Waals surface area contributed by atoms with E-state index in [0.29, 0.717) is 11.5 Å². The van der Waals surface area contributed by atoms with Crippen molar-refractivity contribution in [3.05, 3.63) is 59.9 Å². The largest absolute Gasteiger partial charge is 0.493 e. The van der Waals surface area contributed by atoms with E-state index in [1.54, 1.807) is 7.11 Å². The van der Waals surface area contributed by atoms with Gasteiger partial charge >= 0.3 is 0 Å². The fraction of sp³-hybridized carbons (Fsp3) is 0.440. The monoisotopic (exact) mass is 423 g/mol. The van der Waals surface area contributed by atoms with Gasteiger partial charge in [-0.25, -0.2) is 0 Å². The third-order valence-corrected chi connectivity index (χ3v) is 5.81. The van der Waals surface area contributed by atoms with Crippen LogP contribution in [0.2, 0.25) is 0 Å². The Morgan fingerprint density at radius 3 is 2.71 bits per heavy atom. The number of aromatic nitrogens is 1. The number of likely N-dealkylation sites (tertiary alicyclic amines) is 1. The van der Waals surface area contributed by atoms with Gasteiger partial charge < -0.3 is 19.3 Å². The average molecular weight is 424 g/mol. The Labute approximate surface area is 185 Å². The van der Waals surface area contributed by atoms with Gasteiger partial charge in [0, 0.05) is 51.0 Å². The molecule has 1 saturated heterocycles. The number of hydrogen-bond donors (Lipinski definition) is 0. The first-order chi connectivity index (χ1) is 15.1. The zero-order valence-electron chi connectivity index (χ0n) is 18.8. The van der Waals surface area contributed by atoms with Crippen molar-refractivity contribution >= 4 is 12.0 Å². The van der Waals surface area contributed by atoms with Crippen LogP contribution in [0, 0.1) is 0 Å². The number of ether oxygens (including phenoxy) is 2. The van der Waals surface area contributed by atoms with Crippen molar-refractivity contribution in [2.24, 2.45) is 0 Å². The number of likely N-dealkylation sites (N-methyl/N-ethyl adjacent to an activating group) is 1. The predicted octanol–water partition coefficient (Wildman–Crippen LogP) is 3.67. The van der Waals surface area contributed by atoms with Gasteiger partial charge in [-0.15, -0.1) is 0 Å². The highest BCUT2D eigenvalue weighted by Gasteiger charge is 2.25. The summed E-state index contributed by atoms with van der Waals surface area (Å²) in [5.41, 5.74) is 2.16. The molecule has 1 aromatic heterocycles. The third-order valence-electron chi connectivity index (χ3n) is 5.81. The average Bonchev–Trinajstić information content (AvgIpc) is 2.82. The first-order valence-corrected chi connectivity index (χ1v) is 10.9. The number of methoxy groups -OCH3 is 1. The van der Waals surface area contributed by atoms with Crippen LogP contribution in [0.4, 0.5) is 0 Å². The van der Waals surface area contributed by atoms with Gasteiger partial charge in [0.15, 0.2) is 18.1 Å². The first kappa shape index (κ1) is 22.8. The molecule has 3 rings (SSSR count). The van der Waals surface area contributed by atoms with Crippen molar-refractivity contribution < 1.29 is 14.3 Å². The zero-order valence-corrected chi connectivity index (χ0v) is 18.8. The van der Waals surface area contributed by atoms with Gasteiger partial charge in [0.25, 0.3) is 5.91 Å². The molecule has 6 nitrogen and oxygen atoms in total. The molecular weight excluding hydrogens is 390 g/mol. The van der Waals surface area contributed by atoms with Gasteiger partial charge in [-0.3, -0.25) is 9.78 Å². The Balaban J connectivity index is 1.44. The minimum Gasteiger partial charge on any atom is -0.493 e. The number of carbonyl (C=O) groups is 1. The van der Waals surface area contributed by atoms with Crippen molar-refractivity contribution in [1.29, 1.82) is 0 Å². The molecule has 0 atom stereocenters. The van der Waals surface area contributed by atoms with E-state index >= 15 is 0 Å². The molecule has 1 aromatic carbocycles. The van der Waals surface area contributed by atoms with E-state index in [1.807, 2.05) is 67.6 Å². The Morgan fingerprint density at radius 1 is 1.23 bits per heavy atom. The second-order valence-corrected chi connectivity index (χ2v) is 7.85. The number of benzene rings is 1. The van der Waals surface area contributed by atoms with Crippen molar-refractivity contribution in [1.82, 2.24) is 14.8 Å². The lowest BCUT2D eigenvalue weighted by Gasteiger charge is -2.36. The van der Waals surface area contributed by atoms with Crippen LogP contribution in [0.1, 0.15) is 31.0 Å². The number of amides is 1. The maximum Gasteiger partial charge on any atom is 0.260 e. The normalized spacial score (nSPS) is 15.2. The number of hydrogen-bond acceptors (Lipinski definition) is 5. The molecule has 0 N–H and O–H groups in total. The van der Waals surface area contributed by atoms with E-state index in [2.05, 4.69) is 16.0 Å². The van der Waals surface area contributed by atoms with E-state index in [4.69, 9.17) is 9.47 Å². The highest BCUT2D eigenvalue weighted by Crippen LogP contribution is 2.28. The van der Waals surface area contributed by atoms with Crippen molar-refractivity contribution in [3.8, 4) is 11.5 Å². The summed E-state index contributed by atoms with van der Waals surface area (Å²) in [6.45, 7) is 4.98. The van der Waals surface area contributed by atoms with Crippen molar-refractivity contribution in [3.63, 3.8) is 0 Å². The van der Waals surface area contributed by atoms with Gasteiger partial charge in [-0.2, -0.15) is 0 Å². The second-order valence-electron chi connectivity index (χ2n) is 7.85. The van der Waals surface area contributed by atoms with E-state index < -0.39 is 0 Å². The molecule has 0 spiro atoms. The summed E-state index contributed by atoms with van der Waals surface area (Å²) in [4.78, 5) is 21.4. The van der Waals surface area contributed by atoms with Crippen LogP contribution >= 0.6 is 0 Å². The number of piperidine rings is 1. The van der Waals surface area contributed by atoms with Crippen molar-refractivity contribution in [2.75, 3.05) is 40.4 Å². The standard InChI is InChI=1S/C25H33N3O3/c1-4-7-20-9-10-23(24(18-20)30-3)31-19-25(29)27(2)22-12-16-28(17-13-22)15-11-21-8-5-6-14-26-21/h4-10,14,18,22H,11-13,15-17,19H2,1-3H3/b7-4+. The SMILES string of the molecule is C/C=C/c1ccc(OCC(=O)N(C)C2CCN(CCc3ccccn3)CC2)c(OC)c1. The van der Waals surface area contributed by atoms with Gasteiger partial charge in [-0.1, -0.05) is 24.3 Å². The van der Waals surface area contributed by atoms with Crippen LogP contribution in [-0.2, 0) is 11.2 Å². The molecule has 2 heterocycles. The molecule has 0 unspecified atom stereocenters. The number of allylic oxidation sites excluding steroid dienone is 1. The smallest absolute Gasteiger partial charge is 0.260 e. The van der Waals surface area contributed by atoms with Crippen LogP contribution in [-0.4, -0.2) is 67.1 Å². The Bertz CT molecular complexity index is 862. The Kier molecular flexibility index (Phi) is 8.47. The Morgan fingerprint density at radius 2 is 2.03 bits per heavy atom. The minimum atomic E-state index is -0.00785. The van der Waals surface area contributed by atoms with E-state index in [1.165, 1.54) is 0 Å². The number of rotatable bonds is 9. The van der Waals surface area contributed by atoms with Gasteiger partial charge in [0.2, 0.25) is 0 Å². The summed E-state index contributed by atoms with van der Waals surface area (Å²) in [6, 6.07) is 12.0. The van der Waals surface area contributed by atoms with Gasteiger partial charge in [0.1, 0.15) is 0 Å². The van der Waals surface area contributed by atoms with Crippen LogP contribution in [0.25, 0.3) is 6.08 Å². The molecular formula is C25H33N3O3. The molecule has 0 aliphatic carbocycles. The summed E-state index contributed by atoms with van der Waals surface area (Å²) >= 11 is 0. The lowest BCUT2D eigenvalue weighted by molar-refractivity contribution is -0.135. The number of nitrogens with zero attached hydrogens (tertiary/aromatic N) is 3. The maximum atomic E-state index is 12.7.